The van der Waals surface area contributed by atoms with Crippen molar-refractivity contribution >= 4 is 22.6 Å². The van der Waals surface area contributed by atoms with Gasteiger partial charge in [-0.15, -0.1) is 0 Å². The fourth-order valence-electron chi connectivity index (χ4n) is 1.87. The van der Waals surface area contributed by atoms with E-state index in [-0.39, 0.29) is 0 Å². The van der Waals surface area contributed by atoms with E-state index in [1.54, 1.807) is 0 Å². The van der Waals surface area contributed by atoms with Gasteiger partial charge in [-0.25, -0.2) is 0 Å². The van der Waals surface area contributed by atoms with Gasteiger partial charge in [0.25, 0.3) is 0 Å². The highest BCUT2D eigenvalue weighted by molar-refractivity contribution is 14.1. The van der Waals surface area contributed by atoms with Gasteiger partial charge in [-0.05, 0) is 19.0 Å². The standard InChI is InChI=1S/C12H16INO/c13-6-3-7-14-8-10-9-15-12-5-2-1-4-11(10)12/h1-2,4-5,10,14H,3,6-9H2. The van der Waals surface area contributed by atoms with E-state index in [4.69, 9.17) is 4.74 Å². The predicted octanol–water partition coefficient (Wildman–Crippen LogP) is 2.58. The molecular formula is C12H16INO. The zero-order valence-electron chi connectivity index (χ0n) is 8.71. The second kappa shape index (κ2) is 5.70. The Morgan fingerprint density at radius 1 is 1.40 bits per heavy atom. The summed E-state index contributed by atoms with van der Waals surface area (Å²) in [7, 11) is 0. The molecule has 2 nitrogen and oxygen atoms in total. The van der Waals surface area contributed by atoms with Crippen LogP contribution in [0.15, 0.2) is 24.3 Å². The average Bonchev–Trinajstić information content (AvgIpc) is 2.68. The number of para-hydroxylation sites is 1. The summed E-state index contributed by atoms with van der Waals surface area (Å²) in [6.07, 6.45) is 1.25. The summed E-state index contributed by atoms with van der Waals surface area (Å²) < 4.78 is 6.85. The van der Waals surface area contributed by atoms with Crippen LogP contribution in [0, 0.1) is 0 Å². The molecule has 0 saturated heterocycles. The van der Waals surface area contributed by atoms with Crippen LogP contribution in [-0.4, -0.2) is 24.1 Å². The number of rotatable bonds is 5. The Kier molecular flexibility index (Phi) is 4.26. The van der Waals surface area contributed by atoms with E-state index in [9.17, 15) is 0 Å². The van der Waals surface area contributed by atoms with E-state index in [1.165, 1.54) is 16.4 Å². The highest BCUT2D eigenvalue weighted by Crippen LogP contribution is 2.32. The first kappa shape index (κ1) is 11.2. The summed E-state index contributed by atoms with van der Waals surface area (Å²) in [6.45, 7) is 2.98. The second-order valence-corrected chi connectivity index (χ2v) is 4.87. The van der Waals surface area contributed by atoms with Gasteiger partial charge in [-0.1, -0.05) is 40.8 Å². The minimum atomic E-state index is 0.537. The first-order chi connectivity index (χ1) is 7.42. The van der Waals surface area contributed by atoms with Gasteiger partial charge >= 0.3 is 0 Å². The Morgan fingerprint density at radius 3 is 3.13 bits per heavy atom. The average molecular weight is 317 g/mol. The smallest absolute Gasteiger partial charge is 0.122 e. The molecule has 2 rings (SSSR count). The van der Waals surface area contributed by atoms with Gasteiger partial charge in [-0.2, -0.15) is 0 Å². The van der Waals surface area contributed by atoms with Gasteiger partial charge in [0.2, 0.25) is 0 Å². The molecule has 1 aromatic rings. The normalized spacial score (nSPS) is 18.6. The van der Waals surface area contributed by atoms with E-state index < -0.39 is 0 Å². The number of hydrogen-bond acceptors (Lipinski definition) is 2. The number of benzene rings is 1. The molecule has 15 heavy (non-hydrogen) atoms. The van der Waals surface area contributed by atoms with Crippen LogP contribution in [0.1, 0.15) is 17.9 Å². The summed E-state index contributed by atoms with van der Waals surface area (Å²) in [5, 5.41) is 3.48. The molecule has 0 aromatic heterocycles. The lowest BCUT2D eigenvalue weighted by Crippen LogP contribution is -2.23. The summed E-state index contributed by atoms with van der Waals surface area (Å²) in [5.41, 5.74) is 1.36. The maximum absolute atomic E-state index is 5.63. The lowest BCUT2D eigenvalue weighted by Gasteiger charge is -2.09. The molecule has 0 bridgehead atoms. The van der Waals surface area contributed by atoms with Crippen LogP contribution in [-0.2, 0) is 0 Å². The summed E-state index contributed by atoms with van der Waals surface area (Å²) in [5.74, 6) is 1.61. The van der Waals surface area contributed by atoms with Gasteiger partial charge < -0.3 is 10.1 Å². The number of fused-ring (bicyclic) bond motifs is 1. The SMILES string of the molecule is ICCCNCC1COc2ccccc21. The van der Waals surface area contributed by atoms with Crippen LogP contribution in [0.4, 0.5) is 0 Å². The molecule has 1 unspecified atom stereocenters. The van der Waals surface area contributed by atoms with E-state index in [1.807, 2.05) is 6.07 Å². The van der Waals surface area contributed by atoms with Crippen LogP contribution in [0.3, 0.4) is 0 Å². The minimum absolute atomic E-state index is 0.537. The maximum Gasteiger partial charge on any atom is 0.122 e. The molecule has 1 atom stereocenters. The molecule has 1 N–H and O–H groups in total. The fourth-order valence-corrected chi connectivity index (χ4v) is 2.25. The summed E-state index contributed by atoms with van der Waals surface area (Å²) in [4.78, 5) is 0. The van der Waals surface area contributed by atoms with Crippen molar-refractivity contribution in [1.82, 2.24) is 5.32 Å². The van der Waals surface area contributed by atoms with Crippen molar-refractivity contribution in [2.45, 2.75) is 12.3 Å². The first-order valence-corrected chi connectivity index (χ1v) is 6.93. The maximum atomic E-state index is 5.63. The third kappa shape index (κ3) is 2.84. The molecule has 0 aliphatic carbocycles. The molecule has 0 amide bonds. The molecular weight excluding hydrogens is 301 g/mol. The van der Waals surface area contributed by atoms with Crippen LogP contribution >= 0.6 is 22.6 Å². The second-order valence-electron chi connectivity index (χ2n) is 3.79. The Hall–Kier alpha value is -0.290. The van der Waals surface area contributed by atoms with Crippen molar-refractivity contribution in [3.8, 4) is 5.75 Å². The Morgan fingerprint density at radius 2 is 2.27 bits per heavy atom. The zero-order valence-corrected chi connectivity index (χ0v) is 10.9. The Bertz CT molecular complexity index is 316. The molecule has 1 aromatic carbocycles. The van der Waals surface area contributed by atoms with Crippen LogP contribution in [0.25, 0.3) is 0 Å². The van der Waals surface area contributed by atoms with E-state index >= 15 is 0 Å². The highest BCUT2D eigenvalue weighted by Gasteiger charge is 2.22. The van der Waals surface area contributed by atoms with Crippen LogP contribution in [0.2, 0.25) is 0 Å². The third-order valence-corrected chi connectivity index (χ3v) is 3.44. The number of hydrogen-bond donors (Lipinski definition) is 1. The molecule has 0 spiro atoms. The number of nitrogens with one attached hydrogen (secondary N) is 1. The van der Waals surface area contributed by atoms with Crippen molar-refractivity contribution in [1.29, 1.82) is 0 Å². The lowest BCUT2D eigenvalue weighted by atomic mass is 10.0. The van der Waals surface area contributed by atoms with E-state index in [2.05, 4.69) is 46.1 Å². The van der Waals surface area contributed by atoms with Crippen molar-refractivity contribution in [2.24, 2.45) is 0 Å². The molecule has 1 aliphatic rings. The van der Waals surface area contributed by atoms with Crippen LogP contribution in [0.5, 0.6) is 5.75 Å². The van der Waals surface area contributed by atoms with E-state index in [0.717, 1.165) is 25.4 Å². The van der Waals surface area contributed by atoms with Crippen molar-refractivity contribution < 1.29 is 4.74 Å². The van der Waals surface area contributed by atoms with Gasteiger partial charge in [0.1, 0.15) is 5.75 Å². The predicted molar refractivity (Wildman–Crippen MR) is 71.1 cm³/mol. The largest absolute Gasteiger partial charge is 0.493 e. The third-order valence-electron chi connectivity index (χ3n) is 2.68. The molecule has 0 saturated carbocycles. The molecule has 0 radical (unpaired) electrons. The zero-order chi connectivity index (χ0) is 10.5. The highest BCUT2D eigenvalue weighted by atomic mass is 127. The van der Waals surface area contributed by atoms with Gasteiger partial charge in [0, 0.05) is 22.5 Å². The van der Waals surface area contributed by atoms with Crippen LogP contribution < -0.4 is 10.1 Å². The van der Waals surface area contributed by atoms with Gasteiger partial charge in [0.05, 0.1) is 6.61 Å². The van der Waals surface area contributed by atoms with Crippen molar-refractivity contribution in [3.05, 3.63) is 29.8 Å². The van der Waals surface area contributed by atoms with Gasteiger partial charge in [-0.3, -0.25) is 0 Å². The summed E-state index contributed by atoms with van der Waals surface area (Å²) >= 11 is 2.41. The summed E-state index contributed by atoms with van der Waals surface area (Å²) in [6, 6.07) is 8.35. The first-order valence-electron chi connectivity index (χ1n) is 5.40. The minimum Gasteiger partial charge on any atom is -0.493 e. The van der Waals surface area contributed by atoms with Gasteiger partial charge in [0.15, 0.2) is 0 Å². The Balaban J connectivity index is 1.85. The molecule has 3 heteroatoms. The number of ether oxygens (including phenoxy) is 1. The topological polar surface area (TPSA) is 21.3 Å². The molecule has 0 fully saturated rings. The fraction of sp³-hybridized carbons (Fsp3) is 0.500. The number of halogens is 1. The van der Waals surface area contributed by atoms with E-state index in [0.29, 0.717) is 5.92 Å². The lowest BCUT2D eigenvalue weighted by molar-refractivity contribution is 0.326. The van der Waals surface area contributed by atoms with Crippen molar-refractivity contribution in [3.63, 3.8) is 0 Å². The monoisotopic (exact) mass is 317 g/mol. The Labute approximate surface area is 105 Å². The number of alkyl halides is 1. The quantitative estimate of drug-likeness (QED) is 0.512. The molecule has 1 heterocycles. The molecule has 82 valence electrons. The molecule has 1 aliphatic heterocycles. The van der Waals surface area contributed by atoms with Crippen molar-refractivity contribution in [2.75, 3.05) is 24.1 Å².